The molecule has 8 heteroatoms. The summed E-state index contributed by atoms with van der Waals surface area (Å²) in [6.07, 6.45) is 0.537. The van der Waals surface area contributed by atoms with Gasteiger partial charge in [0, 0.05) is 26.1 Å². The van der Waals surface area contributed by atoms with Gasteiger partial charge in [-0.3, -0.25) is 0 Å². The van der Waals surface area contributed by atoms with Crippen molar-refractivity contribution in [1.29, 1.82) is 0 Å². The number of nitrogens with zero attached hydrogens (tertiary/aromatic N) is 1. The standard InChI is InChI=1S/C14H19NO5S2/c1-20-9-12-7-8-21(16,17)14(12)10-15(11-14)22(18,19)13-5-3-2-4-6-13/h2-6,12H,7-11H2,1H3. The molecule has 2 heterocycles. The van der Waals surface area contributed by atoms with Gasteiger partial charge in [-0.15, -0.1) is 0 Å². The van der Waals surface area contributed by atoms with Crippen LogP contribution in [0.5, 0.6) is 0 Å². The lowest BCUT2D eigenvalue weighted by Crippen LogP contribution is -2.68. The molecule has 1 atom stereocenters. The minimum absolute atomic E-state index is 0.0284. The van der Waals surface area contributed by atoms with Crippen molar-refractivity contribution in [3.63, 3.8) is 0 Å². The number of methoxy groups -OCH3 is 1. The van der Waals surface area contributed by atoms with E-state index in [1.807, 2.05) is 0 Å². The summed E-state index contributed by atoms with van der Waals surface area (Å²) < 4.78 is 55.2. The lowest BCUT2D eigenvalue weighted by atomic mass is 9.85. The Morgan fingerprint density at radius 3 is 2.50 bits per heavy atom. The quantitative estimate of drug-likeness (QED) is 0.794. The molecule has 0 amide bonds. The third-order valence-corrected chi connectivity index (χ3v) is 9.14. The summed E-state index contributed by atoms with van der Waals surface area (Å²) >= 11 is 0. The third-order valence-electron chi connectivity index (χ3n) is 4.74. The highest BCUT2D eigenvalue weighted by atomic mass is 32.2. The van der Waals surface area contributed by atoms with E-state index in [4.69, 9.17) is 4.74 Å². The zero-order chi connectivity index (χ0) is 16.0. The van der Waals surface area contributed by atoms with Crippen molar-refractivity contribution in [1.82, 2.24) is 4.31 Å². The van der Waals surface area contributed by atoms with E-state index >= 15 is 0 Å². The molecule has 22 heavy (non-hydrogen) atoms. The fourth-order valence-electron chi connectivity index (χ4n) is 3.37. The van der Waals surface area contributed by atoms with Crippen LogP contribution in [0.2, 0.25) is 0 Å². The molecule has 2 aliphatic rings. The predicted octanol–water partition coefficient (Wildman–Crippen LogP) is 0.511. The highest BCUT2D eigenvalue weighted by Gasteiger charge is 2.63. The summed E-state index contributed by atoms with van der Waals surface area (Å²) in [5.41, 5.74) is 0. The summed E-state index contributed by atoms with van der Waals surface area (Å²) in [6.45, 7) is 0.402. The van der Waals surface area contributed by atoms with E-state index in [0.29, 0.717) is 13.0 Å². The van der Waals surface area contributed by atoms with E-state index < -0.39 is 24.6 Å². The van der Waals surface area contributed by atoms with Crippen molar-refractivity contribution >= 4 is 19.9 Å². The summed E-state index contributed by atoms with van der Waals surface area (Å²) in [5.74, 6) is -0.0232. The average molecular weight is 345 g/mol. The highest BCUT2D eigenvalue weighted by Crippen LogP contribution is 2.46. The van der Waals surface area contributed by atoms with Gasteiger partial charge in [-0.05, 0) is 18.6 Å². The predicted molar refractivity (Wildman–Crippen MR) is 81.7 cm³/mol. The van der Waals surface area contributed by atoms with Crippen LogP contribution in [0.4, 0.5) is 0 Å². The van der Waals surface area contributed by atoms with Gasteiger partial charge in [-0.1, -0.05) is 18.2 Å². The molecule has 1 unspecified atom stereocenters. The summed E-state index contributed by atoms with van der Waals surface area (Å²) in [5, 5.41) is 0. The van der Waals surface area contributed by atoms with Gasteiger partial charge in [-0.25, -0.2) is 16.8 Å². The Morgan fingerprint density at radius 2 is 1.91 bits per heavy atom. The number of hydrogen-bond acceptors (Lipinski definition) is 5. The summed E-state index contributed by atoms with van der Waals surface area (Å²) in [7, 11) is -5.37. The fraction of sp³-hybridized carbons (Fsp3) is 0.571. The van der Waals surface area contributed by atoms with E-state index in [-0.39, 0.29) is 29.7 Å². The topological polar surface area (TPSA) is 80.8 Å². The number of benzene rings is 1. The molecule has 3 rings (SSSR count). The van der Waals surface area contributed by atoms with Crippen molar-refractivity contribution < 1.29 is 21.6 Å². The van der Waals surface area contributed by atoms with Crippen LogP contribution < -0.4 is 0 Å². The van der Waals surface area contributed by atoms with E-state index in [1.54, 1.807) is 18.2 Å². The van der Waals surface area contributed by atoms with Gasteiger partial charge in [0.2, 0.25) is 10.0 Å². The zero-order valence-electron chi connectivity index (χ0n) is 12.3. The molecule has 1 aromatic rings. The van der Waals surface area contributed by atoms with Crippen LogP contribution in [0.1, 0.15) is 6.42 Å². The van der Waals surface area contributed by atoms with Gasteiger partial charge < -0.3 is 4.74 Å². The number of sulfonamides is 1. The second-order valence-electron chi connectivity index (χ2n) is 5.91. The number of sulfone groups is 1. The maximum atomic E-state index is 12.5. The van der Waals surface area contributed by atoms with E-state index in [0.717, 1.165) is 0 Å². The first kappa shape index (κ1) is 15.9. The average Bonchev–Trinajstić information content (AvgIpc) is 2.70. The third kappa shape index (κ3) is 2.20. The molecule has 0 N–H and O–H groups in total. The molecule has 0 saturated carbocycles. The van der Waals surface area contributed by atoms with Gasteiger partial charge in [0.05, 0.1) is 17.3 Å². The van der Waals surface area contributed by atoms with Gasteiger partial charge >= 0.3 is 0 Å². The number of rotatable bonds is 4. The Hall–Kier alpha value is -0.960. The molecule has 0 bridgehead atoms. The van der Waals surface area contributed by atoms with Crippen LogP contribution in [0.3, 0.4) is 0 Å². The van der Waals surface area contributed by atoms with Gasteiger partial charge in [0.1, 0.15) is 4.75 Å². The lowest BCUT2D eigenvalue weighted by Gasteiger charge is -2.48. The van der Waals surface area contributed by atoms with Gasteiger partial charge in [-0.2, -0.15) is 4.31 Å². The van der Waals surface area contributed by atoms with Crippen LogP contribution in [-0.4, -0.2) is 58.4 Å². The number of ether oxygens (including phenoxy) is 1. The van der Waals surface area contributed by atoms with E-state index in [2.05, 4.69) is 0 Å². The minimum Gasteiger partial charge on any atom is -0.384 e. The largest absolute Gasteiger partial charge is 0.384 e. The molecule has 2 fully saturated rings. The van der Waals surface area contributed by atoms with Crippen LogP contribution in [0.15, 0.2) is 35.2 Å². The molecule has 1 aromatic carbocycles. The van der Waals surface area contributed by atoms with Crippen LogP contribution >= 0.6 is 0 Å². The van der Waals surface area contributed by atoms with Crippen molar-refractivity contribution in [2.45, 2.75) is 16.1 Å². The van der Waals surface area contributed by atoms with Crippen LogP contribution in [-0.2, 0) is 24.6 Å². The Kier molecular flexibility index (Phi) is 3.83. The molecule has 1 spiro atoms. The summed E-state index contributed by atoms with van der Waals surface area (Å²) in [6, 6.07) is 8.10. The molecule has 0 aliphatic carbocycles. The second kappa shape index (κ2) is 5.30. The Labute approximate surface area is 131 Å². The van der Waals surface area contributed by atoms with Crippen LogP contribution in [0, 0.1) is 5.92 Å². The van der Waals surface area contributed by atoms with Crippen molar-refractivity contribution in [3.8, 4) is 0 Å². The Bertz CT molecular complexity index is 752. The minimum atomic E-state index is -3.63. The molecular formula is C14H19NO5S2. The van der Waals surface area contributed by atoms with Crippen molar-refractivity contribution in [2.24, 2.45) is 5.92 Å². The normalized spacial score (nSPS) is 26.9. The molecule has 122 valence electrons. The lowest BCUT2D eigenvalue weighted by molar-refractivity contribution is 0.0867. The highest BCUT2D eigenvalue weighted by molar-refractivity contribution is 7.93. The molecular weight excluding hydrogens is 326 g/mol. The van der Waals surface area contributed by atoms with E-state index in [1.165, 1.54) is 23.5 Å². The van der Waals surface area contributed by atoms with Crippen molar-refractivity contribution in [3.05, 3.63) is 30.3 Å². The molecule has 6 nitrogen and oxygen atoms in total. The van der Waals surface area contributed by atoms with Crippen LogP contribution in [0.25, 0.3) is 0 Å². The van der Waals surface area contributed by atoms with Gasteiger partial charge in [0.15, 0.2) is 9.84 Å². The first-order valence-electron chi connectivity index (χ1n) is 7.10. The van der Waals surface area contributed by atoms with Gasteiger partial charge in [0.25, 0.3) is 0 Å². The fourth-order valence-corrected chi connectivity index (χ4v) is 7.53. The summed E-state index contributed by atoms with van der Waals surface area (Å²) in [4.78, 5) is 0.198. The molecule has 2 saturated heterocycles. The second-order valence-corrected chi connectivity index (χ2v) is 10.3. The monoisotopic (exact) mass is 345 g/mol. The first-order chi connectivity index (χ1) is 10.3. The van der Waals surface area contributed by atoms with Crippen molar-refractivity contribution in [2.75, 3.05) is 32.6 Å². The zero-order valence-corrected chi connectivity index (χ0v) is 13.9. The Balaban J connectivity index is 1.86. The Morgan fingerprint density at radius 1 is 1.27 bits per heavy atom. The first-order valence-corrected chi connectivity index (χ1v) is 10.2. The SMILES string of the molecule is COCC1CCS(=O)(=O)C12CN(S(=O)(=O)c1ccccc1)C2. The molecule has 2 aliphatic heterocycles. The molecule has 0 radical (unpaired) electrons. The number of hydrogen-bond donors (Lipinski definition) is 0. The smallest absolute Gasteiger partial charge is 0.243 e. The maximum absolute atomic E-state index is 12.5. The maximum Gasteiger partial charge on any atom is 0.243 e. The molecule has 0 aromatic heterocycles. The van der Waals surface area contributed by atoms with E-state index in [9.17, 15) is 16.8 Å².